The Balaban J connectivity index is 1.67. The van der Waals surface area contributed by atoms with Crippen molar-refractivity contribution in [2.75, 3.05) is 12.3 Å². The third-order valence-electron chi connectivity index (χ3n) is 4.55. The van der Waals surface area contributed by atoms with Crippen molar-refractivity contribution in [3.8, 4) is 0 Å². The van der Waals surface area contributed by atoms with Crippen molar-refractivity contribution in [1.29, 1.82) is 0 Å². The second-order valence-corrected chi connectivity index (χ2v) is 7.62. The maximum atomic E-state index is 12.4. The third-order valence-corrected chi connectivity index (χ3v) is 5.54. The Bertz CT molecular complexity index is 1150. The number of fused-ring (bicyclic) bond motifs is 1. The average Bonchev–Trinajstić information content (AvgIpc) is 2.68. The second-order valence-electron chi connectivity index (χ2n) is 6.45. The normalized spacial score (nSPS) is 11.0. The maximum Gasteiger partial charge on any atom is 0.329 e. The highest BCUT2D eigenvalue weighted by Gasteiger charge is 2.12. The number of aromatic amines is 1. The van der Waals surface area contributed by atoms with Crippen molar-refractivity contribution in [2.24, 2.45) is 0 Å². The molecule has 0 aliphatic rings. The Hall–Kier alpha value is -2.87. The molecule has 0 radical (unpaired) electrons. The summed E-state index contributed by atoms with van der Waals surface area (Å²) in [6.45, 7) is 6.80. The Kier molecular flexibility index (Phi) is 5.99. The molecule has 2 N–H and O–H groups in total. The minimum absolute atomic E-state index is 0.221. The molecule has 3 aromatic rings. The number of carbonyl (C=O) groups excluding carboxylic acids is 1. The van der Waals surface area contributed by atoms with Crippen LogP contribution in [0.5, 0.6) is 0 Å². The van der Waals surface area contributed by atoms with Gasteiger partial charge in [0.15, 0.2) is 0 Å². The van der Waals surface area contributed by atoms with Crippen LogP contribution in [-0.2, 0) is 6.54 Å². The van der Waals surface area contributed by atoms with E-state index in [1.54, 1.807) is 18.7 Å². The molecule has 146 valence electrons. The molecular formula is C20H22N4O3S. The van der Waals surface area contributed by atoms with Gasteiger partial charge >= 0.3 is 5.69 Å². The molecule has 0 aliphatic heterocycles. The topological polar surface area (TPSA) is 96.9 Å². The van der Waals surface area contributed by atoms with Crippen LogP contribution in [0.1, 0.15) is 28.4 Å². The maximum absolute atomic E-state index is 12.4. The van der Waals surface area contributed by atoms with Gasteiger partial charge in [0.05, 0.1) is 10.9 Å². The largest absolute Gasteiger partial charge is 0.351 e. The van der Waals surface area contributed by atoms with E-state index in [2.05, 4.69) is 47.3 Å². The fourth-order valence-electron chi connectivity index (χ4n) is 2.82. The summed E-state index contributed by atoms with van der Waals surface area (Å²) in [5, 5.41) is 3.06. The fourth-order valence-corrected chi connectivity index (χ4v) is 3.69. The highest BCUT2D eigenvalue weighted by atomic mass is 32.2. The molecule has 7 nitrogen and oxygen atoms in total. The van der Waals surface area contributed by atoms with Crippen LogP contribution in [0, 0.1) is 13.8 Å². The summed E-state index contributed by atoms with van der Waals surface area (Å²) in [5.41, 5.74) is 2.01. The number of aromatic nitrogens is 3. The Morgan fingerprint density at radius 2 is 2.00 bits per heavy atom. The second kappa shape index (κ2) is 8.43. The molecule has 3 rings (SSSR count). The first-order valence-electron chi connectivity index (χ1n) is 9.02. The standard InChI is InChI=1S/C20H22N4O3S/c1-4-24-17-16(19(26)23-20(24)27)10-14(11-22-17)18(25)21-7-8-28-15-6-5-12(2)13(3)9-15/h5-6,9-11H,4,7-8H2,1-3H3,(H,21,25)(H,23,26,27). The number of H-pyrrole nitrogens is 1. The lowest BCUT2D eigenvalue weighted by Crippen LogP contribution is -2.31. The molecule has 0 bridgehead atoms. The van der Waals surface area contributed by atoms with Gasteiger partial charge in [0, 0.05) is 29.9 Å². The number of nitrogens with one attached hydrogen (secondary N) is 2. The first kappa shape index (κ1) is 19.9. The lowest BCUT2D eigenvalue weighted by atomic mass is 10.1. The van der Waals surface area contributed by atoms with Gasteiger partial charge in [0.1, 0.15) is 5.65 Å². The van der Waals surface area contributed by atoms with Crippen LogP contribution in [0.2, 0.25) is 0 Å². The highest BCUT2D eigenvalue weighted by Crippen LogP contribution is 2.20. The Morgan fingerprint density at radius 3 is 2.71 bits per heavy atom. The van der Waals surface area contributed by atoms with Gasteiger partial charge in [0.25, 0.3) is 11.5 Å². The van der Waals surface area contributed by atoms with Gasteiger partial charge in [-0.2, -0.15) is 0 Å². The van der Waals surface area contributed by atoms with Crippen molar-refractivity contribution in [3.63, 3.8) is 0 Å². The number of amides is 1. The minimum atomic E-state index is -0.544. The zero-order valence-corrected chi connectivity index (χ0v) is 16.9. The number of carbonyl (C=O) groups is 1. The summed E-state index contributed by atoms with van der Waals surface area (Å²) in [7, 11) is 0. The van der Waals surface area contributed by atoms with E-state index in [9.17, 15) is 14.4 Å². The predicted molar refractivity (Wildman–Crippen MR) is 111 cm³/mol. The summed E-state index contributed by atoms with van der Waals surface area (Å²) < 4.78 is 1.36. The molecule has 8 heteroatoms. The molecule has 2 heterocycles. The van der Waals surface area contributed by atoms with E-state index in [1.165, 1.54) is 28.0 Å². The highest BCUT2D eigenvalue weighted by molar-refractivity contribution is 7.99. The average molecular weight is 398 g/mol. The number of hydrogen-bond donors (Lipinski definition) is 2. The number of nitrogens with zero attached hydrogens (tertiary/aromatic N) is 2. The number of aryl methyl sites for hydroxylation is 3. The van der Waals surface area contributed by atoms with Gasteiger partial charge in [-0.25, -0.2) is 9.78 Å². The van der Waals surface area contributed by atoms with Gasteiger partial charge in [-0.15, -0.1) is 11.8 Å². The van der Waals surface area contributed by atoms with Gasteiger partial charge in [0.2, 0.25) is 0 Å². The molecule has 1 amide bonds. The number of rotatable bonds is 6. The summed E-state index contributed by atoms with van der Waals surface area (Å²) in [6, 6.07) is 7.76. The van der Waals surface area contributed by atoms with E-state index in [0.29, 0.717) is 13.1 Å². The molecule has 0 saturated carbocycles. The molecule has 1 aromatic carbocycles. The lowest BCUT2D eigenvalue weighted by molar-refractivity contribution is 0.0956. The first-order chi connectivity index (χ1) is 13.4. The zero-order chi connectivity index (χ0) is 20.3. The van der Waals surface area contributed by atoms with E-state index >= 15 is 0 Å². The van der Waals surface area contributed by atoms with Gasteiger partial charge in [-0.3, -0.25) is 19.1 Å². The summed E-state index contributed by atoms with van der Waals surface area (Å²) >= 11 is 1.67. The number of hydrogen-bond acceptors (Lipinski definition) is 5. The lowest BCUT2D eigenvalue weighted by Gasteiger charge is -2.09. The SMILES string of the molecule is CCn1c(=O)[nH]c(=O)c2cc(C(=O)NCCSc3ccc(C)c(C)c3)cnc21. The molecule has 2 aromatic heterocycles. The molecular weight excluding hydrogens is 376 g/mol. The van der Waals surface area contributed by atoms with E-state index in [-0.39, 0.29) is 22.5 Å². The fraction of sp³-hybridized carbons (Fsp3) is 0.300. The number of thioether (sulfide) groups is 1. The van der Waals surface area contributed by atoms with Crippen LogP contribution in [0.4, 0.5) is 0 Å². The molecule has 0 spiro atoms. The van der Waals surface area contributed by atoms with Crippen LogP contribution >= 0.6 is 11.8 Å². The van der Waals surface area contributed by atoms with Crippen LogP contribution in [-0.4, -0.2) is 32.7 Å². The monoisotopic (exact) mass is 398 g/mol. The minimum Gasteiger partial charge on any atom is -0.351 e. The van der Waals surface area contributed by atoms with Crippen LogP contribution in [0.3, 0.4) is 0 Å². The Morgan fingerprint density at radius 1 is 1.21 bits per heavy atom. The third kappa shape index (κ3) is 4.17. The molecule has 0 unspecified atom stereocenters. The number of benzene rings is 1. The molecule has 0 atom stereocenters. The van der Waals surface area contributed by atoms with Crippen molar-refractivity contribution < 1.29 is 4.79 Å². The smallest absolute Gasteiger partial charge is 0.329 e. The van der Waals surface area contributed by atoms with Crippen molar-refractivity contribution in [3.05, 3.63) is 68.0 Å². The van der Waals surface area contributed by atoms with Gasteiger partial charge in [-0.05, 0) is 50.1 Å². The van der Waals surface area contributed by atoms with E-state index in [0.717, 1.165) is 10.6 Å². The van der Waals surface area contributed by atoms with Crippen LogP contribution in [0.15, 0.2) is 44.9 Å². The van der Waals surface area contributed by atoms with Gasteiger partial charge in [-0.1, -0.05) is 6.07 Å². The first-order valence-corrected chi connectivity index (χ1v) is 10.0. The quantitative estimate of drug-likeness (QED) is 0.490. The molecule has 0 aliphatic carbocycles. The van der Waals surface area contributed by atoms with Crippen molar-refractivity contribution in [1.82, 2.24) is 19.9 Å². The van der Waals surface area contributed by atoms with Crippen LogP contribution in [0.25, 0.3) is 11.0 Å². The predicted octanol–water partition coefficient (Wildman–Crippen LogP) is 2.24. The molecule has 0 fully saturated rings. The summed E-state index contributed by atoms with van der Waals surface area (Å²) in [5.74, 6) is 0.425. The van der Waals surface area contributed by atoms with Crippen molar-refractivity contribution >= 4 is 28.7 Å². The zero-order valence-electron chi connectivity index (χ0n) is 16.0. The Labute approximate surface area is 166 Å². The summed E-state index contributed by atoms with van der Waals surface area (Å²) in [6.07, 6.45) is 1.39. The van der Waals surface area contributed by atoms with E-state index < -0.39 is 11.2 Å². The number of pyridine rings is 1. The van der Waals surface area contributed by atoms with Gasteiger partial charge < -0.3 is 5.32 Å². The van der Waals surface area contributed by atoms with E-state index in [4.69, 9.17) is 0 Å². The molecule has 0 saturated heterocycles. The molecule has 28 heavy (non-hydrogen) atoms. The van der Waals surface area contributed by atoms with E-state index in [1.807, 2.05) is 0 Å². The van der Waals surface area contributed by atoms with Crippen molar-refractivity contribution in [2.45, 2.75) is 32.2 Å². The van der Waals surface area contributed by atoms with Crippen LogP contribution < -0.4 is 16.6 Å². The summed E-state index contributed by atoms with van der Waals surface area (Å²) in [4.78, 5) is 43.9.